The van der Waals surface area contributed by atoms with E-state index in [9.17, 15) is 4.79 Å². The standard InChI is InChI=1S/C13H20N2O4/c1-2-17-12(16)11-9-19-13(15-11)14-7-8-18-10-5-3-4-6-10/h9-10H,2-8H2,1H3,(H,14,15). The number of anilines is 1. The number of esters is 1. The molecule has 6 nitrogen and oxygen atoms in total. The maximum absolute atomic E-state index is 11.4. The van der Waals surface area contributed by atoms with E-state index in [0.717, 1.165) is 12.8 Å². The molecule has 1 aliphatic rings. The van der Waals surface area contributed by atoms with Gasteiger partial charge in [-0.25, -0.2) is 4.79 Å². The summed E-state index contributed by atoms with van der Waals surface area (Å²) in [6, 6.07) is 0.318. The average molecular weight is 268 g/mol. The number of ether oxygens (including phenoxy) is 2. The Morgan fingerprint density at radius 2 is 2.32 bits per heavy atom. The van der Waals surface area contributed by atoms with E-state index in [4.69, 9.17) is 13.9 Å². The average Bonchev–Trinajstić information content (AvgIpc) is 3.06. The Hall–Kier alpha value is -1.56. The lowest BCUT2D eigenvalue weighted by molar-refractivity contribution is 0.0519. The molecule has 1 N–H and O–H groups in total. The van der Waals surface area contributed by atoms with Gasteiger partial charge in [-0.15, -0.1) is 0 Å². The first-order chi connectivity index (χ1) is 9.29. The molecular formula is C13H20N2O4. The number of oxazole rings is 1. The van der Waals surface area contributed by atoms with Crippen LogP contribution < -0.4 is 5.32 Å². The van der Waals surface area contributed by atoms with E-state index in [2.05, 4.69) is 10.3 Å². The number of rotatable bonds is 7. The third-order valence-corrected chi connectivity index (χ3v) is 3.02. The summed E-state index contributed by atoms with van der Waals surface area (Å²) in [5, 5.41) is 2.98. The number of carbonyl (C=O) groups excluding carboxylic acids is 1. The van der Waals surface area contributed by atoms with Gasteiger partial charge in [-0.05, 0) is 19.8 Å². The minimum absolute atomic E-state index is 0.182. The molecule has 0 atom stereocenters. The molecule has 1 saturated carbocycles. The second kappa shape index (κ2) is 7.13. The van der Waals surface area contributed by atoms with Crippen LogP contribution in [0.25, 0.3) is 0 Å². The molecule has 6 heteroatoms. The van der Waals surface area contributed by atoms with Crippen LogP contribution in [-0.2, 0) is 9.47 Å². The minimum atomic E-state index is -0.471. The van der Waals surface area contributed by atoms with Crippen LogP contribution in [0.5, 0.6) is 0 Å². The largest absolute Gasteiger partial charge is 0.461 e. The predicted octanol–water partition coefficient (Wildman–Crippen LogP) is 2.22. The highest BCUT2D eigenvalue weighted by Gasteiger charge is 2.15. The normalized spacial score (nSPS) is 15.6. The summed E-state index contributed by atoms with van der Waals surface area (Å²) in [4.78, 5) is 15.4. The molecular weight excluding hydrogens is 248 g/mol. The minimum Gasteiger partial charge on any atom is -0.461 e. The summed E-state index contributed by atoms with van der Waals surface area (Å²) in [5.74, 6) is -0.471. The lowest BCUT2D eigenvalue weighted by atomic mass is 10.3. The van der Waals surface area contributed by atoms with E-state index in [0.29, 0.717) is 31.9 Å². The third kappa shape index (κ3) is 4.24. The lowest BCUT2D eigenvalue weighted by Gasteiger charge is -2.10. The van der Waals surface area contributed by atoms with Crippen molar-refractivity contribution in [3.63, 3.8) is 0 Å². The number of carbonyl (C=O) groups is 1. The Labute approximate surface area is 112 Å². The summed E-state index contributed by atoms with van der Waals surface area (Å²) in [6.45, 7) is 3.29. The van der Waals surface area contributed by atoms with E-state index in [1.54, 1.807) is 6.92 Å². The molecule has 1 fully saturated rings. The molecule has 1 aromatic heterocycles. The van der Waals surface area contributed by atoms with E-state index in [1.165, 1.54) is 19.1 Å². The molecule has 1 heterocycles. The number of hydrogen-bond acceptors (Lipinski definition) is 6. The Morgan fingerprint density at radius 1 is 1.53 bits per heavy atom. The molecule has 0 saturated heterocycles. The number of nitrogens with zero attached hydrogens (tertiary/aromatic N) is 1. The number of aromatic nitrogens is 1. The highest BCUT2D eigenvalue weighted by molar-refractivity contribution is 5.87. The predicted molar refractivity (Wildman–Crippen MR) is 69.2 cm³/mol. The molecule has 0 aliphatic heterocycles. The van der Waals surface area contributed by atoms with Crippen molar-refractivity contribution in [3.05, 3.63) is 12.0 Å². The molecule has 0 radical (unpaired) electrons. The fourth-order valence-electron chi connectivity index (χ4n) is 2.09. The van der Waals surface area contributed by atoms with Gasteiger partial charge in [0.1, 0.15) is 6.26 Å². The Balaban J connectivity index is 1.66. The van der Waals surface area contributed by atoms with Gasteiger partial charge < -0.3 is 19.2 Å². The van der Waals surface area contributed by atoms with Crippen LogP contribution in [0.2, 0.25) is 0 Å². The second-order valence-corrected chi connectivity index (χ2v) is 4.46. The first-order valence-electron chi connectivity index (χ1n) is 6.77. The van der Waals surface area contributed by atoms with E-state index in [-0.39, 0.29) is 5.69 Å². The molecule has 0 amide bonds. The summed E-state index contributed by atoms with van der Waals surface area (Å²) < 4.78 is 15.6. The number of nitrogens with one attached hydrogen (secondary N) is 1. The van der Waals surface area contributed by atoms with Gasteiger partial charge >= 0.3 is 5.97 Å². The van der Waals surface area contributed by atoms with Gasteiger partial charge in [-0.1, -0.05) is 12.8 Å². The molecule has 1 aromatic rings. The van der Waals surface area contributed by atoms with Crippen molar-refractivity contribution in [1.29, 1.82) is 0 Å². The molecule has 0 unspecified atom stereocenters. The SMILES string of the molecule is CCOC(=O)c1coc(NCCOC2CCCC2)n1. The zero-order valence-electron chi connectivity index (χ0n) is 11.2. The maximum Gasteiger partial charge on any atom is 0.360 e. The maximum atomic E-state index is 11.4. The van der Waals surface area contributed by atoms with Crippen molar-refractivity contribution in [2.45, 2.75) is 38.7 Å². The Bertz CT molecular complexity index is 399. The smallest absolute Gasteiger partial charge is 0.360 e. The van der Waals surface area contributed by atoms with Crippen LogP contribution in [-0.4, -0.2) is 36.8 Å². The molecule has 106 valence electrons. The zero-order chi connectivity index (χ0) is 13.5. The van der Waals surface area contributed by atoms with Gasteiger partial charge in [0.25, 0.3) is 6.01 Å². The Morgan fingerprint density at radius 3 is 3.05 bits per heavy atom. The van der Waals surface area contributed by atoms with E-state index >= 15 is 0 Å². The monoisotopic (exact) mass is 268 g/mol. The van der Waals surface area contributed by atoms with Crippen LogP contribution >= 0.6 is 0 Å². The topological polar surface area (TPSA) is 73.6 Å². The van der Waals surface area contributed by atoms with Crippen LogP contribution in [0.4, 0.5) is 6.01 Å². The van der Waals surface area contributed by atoms with Crippen molar-refractivity contribution < 1.29 is 18.7 Å². The van der Waals surface area contributed by atoms with Crippen LogP contribution in [0.15, 0.2) is 10.7 Å². The lowest BCUT2D eigenvalue weighted by Crippen LogP contribution is -2.15. The highest BCUT2D eigenvalue weighted by Crippen LogP contribution is 2.20. The summed E-state index contributed by atoms with van der Waals surface area (Å²) >= 11 is 0. The van der Waals surface area contributed by atoms with Gasteiger partial charge in [0.05, 0.1) is 19.3 Å². The molecule has 0 aromatic carbocycles. The molecule has 2 rings (SSSR count). The van der Waals surface area contributed by atoms with Gasteiger partial charge in [0, 0.05) is 6.54 Å². The first-order valence-corrected chi connectivity index (χ1v) is 6.77. The fourth-order valence-corrected chi connectivity index (χ4v) is 2.09. The molecule has 0 bridgehead atoms. The van der Waals surface area contributed by atoms with E-state index in [1.807, 2.05) is 0 Å². The van der Waals surface area contributed by atoms with E-state index < -0.39 is 5.97 Å². The summed E-state index contributed by atoms with van der Waals surface area (Å²) in [6.07, 6.45) is 6.54. The first kappa shape index (κ1) is 13.9. The van der Waals surface area contributed by atoms with Crippen molar-refractivity contribution in [3.8, 4) is 0 Å². The Kier molecular flexibility index (Phi) is 5.20. The quantitative estimate of drug-likeness (QED) is 0.604. The molecule has 19 heavy (non-hydrogen) atoms. The summed E-state index contributed by atoms with van der Waals surface area (Å²) in [5.41, 5.74) is 0.182. The van der Waals surface area contributed by atoms with Crippen molar-refractivity contribution in [2.24, 2.45) is 0 Å². The van der Waals surface area contributed by atoms with Crippen molar-refractivity contribution in [2.75, 3.05) is 25.1 Å². The summed E-state index contributed by atoms with van der Waals surface area (Å²) in [7, 11) is 0. The third-order valence-electron chi connectivity index (χ3n) is 3.02. The van der Waals surface area contributed by atoms with Gasteiger partial charge in [-0.3, -0.25) is 0 Å². The van der Waals surface area contributed by atoms with Crippen LogP contribution in [0, 0.1) is 0 Å². The van der Waals surface area contributed by atoms with Crippen LogP contribution in [0.1, 0.15) is 43.1 Å². The second-order valence-electron chi connectivity index (χ2n) is 4.46. The van der Waals surface area contributed by atoms with Gasteiger partial charge in [-0.2, -0.15) is 4.98 Å². The van der Waals surface area contributed by atoms with Crippen molar-refractivity contribution >= 4 is 12.0 Å². The van der Waals surface area contributed by atoms with Gasteiger partial charge in [0.15, 0.2) is 5.69 Å². The highest BCUT2D eigenvalue weighted by atomic mass is 16.5. The number of hydrogen-bond donors (Lipinski definition) is 1. The molecule has 1 aliphatic carbocycles. The van der Waals surface area contributed by atoms with Crippen LogP contribution in [0.3, 0.4) is 0 Å². The van der Waals surface area contributed by atoms with Gasteiger partial charge in [0.2, 0.25) is 0 Å². The fraction of sp³-hybridized carbons (Fsp3) is 0.692. The van der Waals surface area contributed by atoms with Crippen molar-refractivity contribution in [1.82, 2.24) is 4.98 Å². The zero-order valence-corrected chi connectivity index (χ0v) is 11.2. The molecule has 0 spiro atoms.